The Kier molecular flexibility index (Phi) is 3.41. The molecule has 0 aliphatic carbocycles. The fourth-order valence-electron chi connectivity index (χ4n) is 0.829. The van der Waals surface area contributed by atoms with Crippen LogP contribution in [0.5, 0.6) is 5.75 Å². The maximum absolute atomic E-state index is 12.9. The molecule has 0 aliphatic heterocycles. The average molecular weight is 272 g/mol. The zero-order valence-electron chi connectivity index (χ0n) is 7.86. The molecule has 0 spiro atoms. The van der Waals surface area contributed by atoms with Crippen LogP contribution >= 0.6 is 0 Å². The number of aldehydes is 1. The van der Waals surface area contributed by atoms with Crippen LogP contribution in [0.25, 0.3) is 0 Å². The second-order valence-corrected chi connectivity index (χ2v) is 4.32. The SMILES string of the molecule is O=Cc1ccc(OS(=O)(=O)C(F)(F)F)cc1F. The van der Waals surface area contributed by atoms with E-state index in [-0.39, 0.29) is 6.29 Å². The van der Waals surface area contributed by atoms with Crippen LogP contribution in [0.1, 0.15) is 10.4 Å². The molecule has 0 fully saturated rings. The van der Waals surface area contributed by atoms with E-state index in [1.165, 1.54) is 0 Å². The molecular formula is C8H4F4O4S. The highest BCUT2D eigenvalue weighted by Gasteiger charge is 2.48. The molecule has 0 saturated carbocycles. The van der Waals surface area contributed by atoms with E-state index in [0.29, 0.717) is 6.07 Å². The highest BCUT2D eigenvalue weighted by molar-refractivity contribution is 7.87. The number of benzene rings is 1. The van der Waals surface area contributed by atoms with Gasteiger partial charge in [0, 0.05) is 6.07 Å². The van der Waals surface area contributed by atoms with Crippen LogP contribution in [0, 0.1) is 5.82 Å². The maximum atomic E-state index is 12.9. The molecule has 17 heavy (non-hydrogen) atoms. The second-order valence-electron chi connectivity index (χ2n) is 2.78. The van der Waals surface area contributed by atoms with Gasteiger partial charge in [0.1, 0.15) is 11.6 Å². The van der Waals surface area contributed by atoms with Crippen molar-refractivity contribution in [3.05, 3.63) is 29.6 Å². The van der Waals surface area contributed by atoms with Crippen LogP contribution in [0.3, 0.4) is 0 Å². The van der Waals surface area contributed by atoms with Gasteiger partial charge in [-0.25, -0.2) is 4.39 Å². The minimum atomic E-state index is -5.84. The largest absolute Gasteiger partial charge is 0.534 e. The predicted octanol–water partition coefficient (Wildman–Crippen LogP) is 1.87. The van der Waals surface area contributed by atoms with Crippen molar-refractivity contribution in [2.45, 2.75) is 5.51 Å². The van der Waals surface area contributed by atoms with Gasteiger partial charge >= 0.3 is 15.6 Å². The van der Waals surface area contributed by atoms with E-state index in [1.807, 2.05) is 0 Å². The lowest BCUT2D eigenvalue weighted by Gasteiger charge is -2.09. The number of hydrogen-bond donors (Lipinski definition) is 0. The zero-order chi connectivity index (χ0) is 13.3. The highest BCUT2D eigenvalue weighted by atomic mass is 32.2. The van der Waals surface area contributed by atoms with Gasteiger partial charge in [0.15, 0.2) is 6.29 Å². The first-order chi connectivity index (χ1) is 7.67. The fraction of sp³-hybridized carbons (Fsp3) is 0.125. The molecule has 0 atom stereocenters. The minimum Gasteiger partial charge on any atom is -0.376 e. The Bertz CT molecular complexity index is 535. The van der Waals surface area contributed by atoms with E-state index in [4.69, 9.17) is 0 Å². The van der Waals surface area contributed by atoms with Crippen molar-refractivity contribution in [1.82, 2.24) is 0 Å². The molecule has 0 aliphatic rings. The van der Waals surface area contributed by atoms with E-state index in [9.17, 15) is 30.8 Å². The van der Waals surface area contributed by atoms with Crippen molar-refractivity contribution in [3.63, 3.8) is 0 Å². The molecule has 0 heterocycles. The predicted molar refractivity (Wildman–Crippen MR) is 47.4 cm³/mol. The van der Waals surface area contributed by atoms with Crippen LogP contribution < -0.4 is 4.18 Å². The number of rotatable bonds is 3. The van der Waals surface area contributed by atoms with Crippen LogP contribution in [-0.2, 0) is 10.1 Å². The number of hydrogen-bond acceptors (Lipinski definition) is 4. The van der Waals surface area contributed by atoms with Gasteiger partial charge in [-0.05, 0) is 12.1 Å². The van der Waals surface area contributed by atoms with E-state index in [0.717, 1.165) is 12.1 Å². The second kappa shape index (κ2) is 4.32. The van der Waals surface area contributed by atoms with Gasteiger partial charge in [-0.3, -0.25) is 4.79 Å². The third-order valence-corrected chi connectivity index (χ3v) is 2.57. The van der Waals surface area contributed by atoms with Crippen molar-refractivity contribution in [3.8, 4) is 5.75 Å². The molecule has 4 nitrogen and oxygen atoms in total. The zero-order valence-corrected chi connectivity index (χ0v) is 8.68. The molecule has 0 N–H and O–H groups in total. The van der Waals surface area contributed by atoms with Gasteiger partial charge in [0.05, 0.1) is 5.56 Å². The number of carbonyl (C=O) groups is 1. The lowest BCUT2D eigenvalue weighted by molar-refractivity contribution is -0.0500. The van der Waals surface area contributed by atoms with Gasteiger partial charge in [0.2, 0.25) is 0 Å². The van der Waals surface area contributed by atoms with Gasteiger partial charge < -0.3 is 4.18 Å². The summed E-state index contributed by atoms with van der Waals surface area (Å²) in [6.45, 7) is 0. The standard InChI is InChI=1S/C8H4F4O4S/c9-7-3-6(2-1-5(7)4-13)16-17(14,15)8(10,11)12/h1-4H. The van der Waals surface area contributed by atoms with E-state index in [2.05, 4.69) is 4.18 Å². The summed E-state index contributed by atoms with van der Waals surface area (Å²) >= 11 is 0. The Hall–Kier alpha value is -1.64. The molecule has 0 amide bonds. The number of alkyl halides is 3. The first kappa shape index (κ1) is 13.4. The Labute approximate surface area is 92.9 Å². The Balaban J connectivity index is 3.06. The molecule has 0 aromatic heterocycles. The van der Waals surface area contributed by atoms with E-state index in [1.54, 1.807) is 0 Å². The monoisotopic (exact) mass is 272 g/mol. The molecule has 0 saturated heterocycles. The lowest BCUT2D eigenvalue weighted by atomic mass is 10.2. The molecular weight excluding hydrogens is 268 g/mol. The number of halogens is 4. The quantitative estimate of drug-likeness (QED) is 0.365. The van der Waals surface area contributed by atoms with Crippen molar-refractivity contribution in [2.24, 2.45) is 0 Å². The third kappa shape index (κ3) is 2.93. The summed E-state index contributed by atoms with van der Waals surface area (Å²) in [4.78, 5) is 10.2. The number of carbonyl (C=O) groups excluding carboxylic acids is 1. The van der Waals surface area contributed by atoms with Gasteiger partial charge in [-0.1, -0.05) is 0 Å². The minimum absolute atomic E-state index is 0.122. The van der Waals surface area contributed by atoms with E-state index >= 15 is 0 Å². The molecule has 0 unspecified atom stereocenters. The van der Waals surface area contributed by atoms with Crippen LogP contribution in [0.4, 0.5) is 17.6 Å². The summed E-state index contributed by atoms with van der Waals surface area (Å²) in [5.41, 5.74) is -6.03. The normalized spacial score (nSPS) is 12.2. The lowest BCUT2D eigenvalue weighted by Crippen LogP contribution is -2.28. The van der Waals surface area contributed by atoms with Crippen molar-refractivity contribution < 1.29 is 35.0 Å². The fourth-order valence-corrected chi connectivity index (χ4v) is 1.28. The smallest absolute Gasteiger partial charge is 0.376 e. The molecule has 94 valence electrons. The van der Waals surface area contributed by atoms with Crippen LogP contribution in [-0.4, -0.2) is 20.2 Å². The summed E-state index contributed by atoms with van der Waals surface area (Å²) in [5, 5.41) is 0. The average Bonchev–Trinajstić information content (AvgIpc) is 2.15. The summed E-state index contributed by atoms with van der Waals surface area (Å²) in [7, 11) is -5.84. The Morgan fingerprint density at radius 3 is 2.24 bits per heavy atom. The first-order valence-electron chi connectivity index (χ1n) is 3.93. The topological polar surface area (TPSA) is 60.4 Å². The first-order valence-corrected chi connectivity index (χ1v) is 5.33. The third-order valence-electron chi connectivity index (χ3n) is 1.59. The summed E-state index contributed by atoms with van der Waals surface area (Å²) < 4.78 is 73.4. The Morgan fingerprint density at radius 1 is 1.24 bits per heavy atom. The molecule has 9 heteroatoms. The van der Waals surface area contributed by atoms with Gasteiger partial charge in [-0.2, -0.15) is 21.6 Å². The van der Waals surface area contributed by atoms with Crippen LogP contribution in [0.15, 0.2) is 18.2 Å². The van der Waals surface area contributed by atoms with Crippen molar-refractivity contribution in [1.29, 1.82) is 0 Å². The van der Waals surface area contributed by atoms with Crippen molar-refractivity contribution in [2.75, 3.05) is 0 Å². The summed E-state index contributed by atoms with van der Waals surface area (Å²) in [6.07, 6.45) is 0.122. The summed E-state index contributed by atoms with van der Waals surface area (Å²) in [5.74, 6) is -2.06. The van der Waals surface area contributed by atoms with Gasteiger partial charge in [0.25, 0.3) is 0 Å². The maximum Gasteiger partial charge on any atom is 0.534 e. The highest BCUT2D eigenvalue weighted by Crippen LogP contribution is 2.27. The van der Waals surface area contributed by atoms with E-state index < -0.39 is 32.8 Å². The van der Waals surface area contributed by atoms with Crippen molar-refractivity contribution >= 4 is 16.4 Å². The molecule has 1 rings (SSSR count). The summed E-state index contributed by atoms with van der Waals surface area (Å²) in [6, 6.07) is 1.90. The van der Waals surface area contributed by atoms with Gasteiger partial charge in [-0.15, -0.1) is 0 Å². The molecule has 1 aromatic carbocycles. The molecule has 0 bridgehead atoms. The van der Waals surface area contributed by atoms with Crippen LogP contribution in [0.2, 0.25) is 0 Å². The molecule has 1 aromatic rings. The Morgan fingerprint density at radius 2 is 1.82 bits per heavy atom. The molecule has 0 radical (unpaired) electrons.